The first-order valence-corrected chi connectivity index (χ1v) is 24.8. The molecule has 1 N–H and O–H groups in total. The molecule has 390 valence electrons. The molecule has 15 heteroatoms. The average Bonchev–Trinajstić information content (AvgIpc) is 3.50. The van der Waals surface area contributed by atoms with E-state index in [-0.39, 0.29) is 42.1 Å². The SMILES string of the molecule is O=C(OCC1O[C@@H](OCC2O[C@H](O)C(OCc3ccccc3)[C@@H](OCc3ccccc3)[C@@H]2OCc2ccccc2)C(OC(=O)c2ccccc2)[C@@H](OC(=O)c2ccccc2)[C@@H]1OC(=O)c1ccccc1)c1ccccc1. The van der Waals surface area contributed by atoms with Gasteiger partial charge in [-0.25, -0.2) is 19.2 Å². The van der Waals surface area contributed by atoms with Crippen molar-refractivity contribution in [3.8, 4) is 0 Å². The lowest BCUT2D eigenvalue weighted by Crippen LogP contribution is -2.64. The Morgan fingerprint density at radius 1 is 0.342 bits per heavy atom. The molecule has 0 spiro atoms. The molecule has 0 radical (unpaired) electrons. The topological polar surface area (TPSA) is 181 Å². The van der Waals surface area contributed by atoms with Gasteiger partial charge in [0.05, 0.1) is 48.7 Å². The van der Waals surface area contributed by atoms with E-state index < -0.39 is 98.5 Å². The zero-order valence-electron chi connectivity index (χ0n) is 41.2. The average molecular weight is 1030 g/mol. The highest BCUT2D eigenvalue weighted by molar-refractivity contribution is 5.91. The largest absolute Gasteiger partial charge is 0.459 e. The summed E-state index contributed by atoms with van der Waals surface area (Å²) in [6.45, 7) is -0.732. The predicted octanol–water partition coefficient (Wildman–Crippen LogP) is 8.74. The molecule has 2 aliphatic rings. The Kier molecular flexibility index (Phi) is 18.5. The molecule has 2 aliphatic heterocycles. The van der Waals surface area contributed by atoms with E-state index in [0.717, 1.165) is 16.7 Å². The van der Waals surface area contributed by atoms with Crippen molar-refractivity contribution < 1.29 is 71.7 Å². The van der Waals surface area contributed by atoms with E-state index in [1.165, 1.54) is 36.4 Å². The fraction of sp³-hybridized carbons (Fsp3) is 0.246. The lowest BCUT2D eigenvalue weighted by molar-refractivity contribution is -0.337. The second-order valence-electron chi connectivity index (χ2n) is 17.9. The van der Waals surface area contributed by atoms with Crippen molar-refractivity contribution in [2.75, 3.05) is 13.2 Å². The van der Waals surface area contributed by atoms with Gasteiger partial charge in [-0.2, -0.15) is 0 Å². The van der Waals surface area contributed by atoms with Gasteiger partial charge in [-0.05, 0) is 65.2 Å². The molecule has 2 heterocycles. The fourth-order valence-corrected chi connectivity index (χ4v) is 8.75. The maximum Gasteiger partial charge on any atom is 0.338 e. The Morgan fingerprint density at radius 2 is 0.684 bits per heavy atom. The standard InChI is InChI=1S/C61H56O15/c62-56(44-28-14-4-15-29-44)70-39-49-51(74-57(63)45-30-16-5-17-31-45)53(75-58(64)46-32-18-6-19-33-46)55(76-59(65)47-34-20-7-21-35-47)61(73-49)71-40-48-50(67-36-41-22-8-1-9-23-41)52(68-37-42-24-10-2-11-25-42)54(60(66)72-48)69-38-43-26-12-3-13-27-43/h1-35,48-55,60-61,66H,36-40H2/t48?,49?,50-,51-,52+,53+,54?,55?,60+,61-/m1/s1. The van der Waals surface area contributed by atoms with Crippen LogP contribution in [0.15, 0.2) is 212 Å². The number of rotatable bonds is 21. The summed E-state index contributed by atoms with van der Waals surface area (Å²) in [6.07, 6.45) is -14.0. The van der Waals surface area contributed by atoms with E-state index in [4.69, 9.17) is 47.4 Å². The lowest BCUT2D eigenvalue weighted by Gasteiger charge is -2.46. The van der Waals surface area contributed by atoms with Crippen LogP contribution in [0.1, 0.15) is 58.1 Å². The first kappa shape index (κ1) is 53.0. The van der Waals surface area contributed by atoms with Crippen LogP contribution in [0.5, 0.6) is 0 Å². The highest BCUT2D eigenvalue weighted by Gasteiger charge is 2.55. The second-order valence-corrected chi connectivity index (χ2v) is 17.9. The molecule has 0 saturated carbocycles. The summed E-state index contributed by atoms with van der Waals surface area (Å²) < 4.78 is 64.1. The van der Waals surface area contributed by atoms with Crippen LogP contribution in [0.2, 0.25) is 0 Å². The number of aliphatic hydroxyl groups excluding tert-OH is 1. The molecule has 2 saturated heterocycles. The third kappa shape index (κ3) is 14.1. The Balaban J connectivity index is 1.09. The number of carbonyl (C=O) groups is 4. The van der Waals surface area contributed by atoms with Crippen LogP contribution in [0.3, 0.4) is 0 Å². The quantitative estimate of drug-likeness (QED) is 0.0533. The second kappa shape index (κ2) is 26.6. The van der Waals surface area contributed by atoms with Crippen LogP contribution >= 0.6 is 0 Å². The zero-order chi connectivity index (χ0) is 52.5. The van der Waals surface area contributed by atoms with E-state index in [1.807, 2.05) is 91.0 Å². The summed E-state index contributed by atoms with van der Waals surface area (Å²) in [6, 6.07) is 60.8. The van der Waals surface area contributed by atoms with E-state index in [9.17, 15) is 24.3 Å². The molecule has 4 unspecified atom stereocenters. The number of benzene rings is 7. The van der Waals surface area contributed by atoms with Crippen molar-refractivity contribution in [1.82, 2.24) is 0 Å². The first-order chi connectivity index (χ1) is 37.3. The van der Waals surface area contributed by atoms with Crippen LogP contribution in [0.4, 0.5) is 0 Å². The highest BCUT2D eigenvalue weighted by atomic mass is 16.7. The highest BCUT2D eigenvalue weighted by Crippen LogP contribution is 2.35. The van der Waals surface area contributed by atoms with E-state index >= 15 is 0 Å². The molecular formula is C61H56O15. The third-order valence-corrected chi connectivity index (χ3v) is 12.6. The third-order valence-electron chi connectivity index (χ3n) is 12.6. The molecule has 2 fully saturated rings. The van der Waals surface area contributed by atoms with Gasteiger partial charge in [0.25, 0.3) is 0 Å². The number of carbonyl (C=O) groups excluding carboxylic acids is 4. The predicted molar refractivity (Wildman–Crippen MR) is 274 cm³/mol. The van der Waals surface area contributed by atoms with Gasteiger partial charge < -0.3 is 52.5 Å². The van der Waals surface area contributed by atoms with Crippen molar-refractivity contribution in [3.63, 3.8) is 0 Å². The summed E-state index contributed by atoms with van der Waals surface area (Å²) in [4.78, 5) is 56.2. The van der Waals surface area contributed by atoms with Crippen LogP contribution in [0.25, 0.3) is 0 Å². The zero-order valence-corrected chi connectivity index (χ0v) is 41.2. The minimum absolute atomic E-state index is 0.0795. The molecule has 0 bridgehead atoms. The maximum atomic E-state index is 14.3. The lowest BCUT2D eigenvalue weighted by atomic mass is 9.96. The van der Waals surface area contributed by atoms with Gasteiger partial charge in [-0.1, -0.05) is 164 Å². The molecule has 10 atom stereocenters. The fourth-order valence-electron chi connectivity index (χ4n) is 8.75. The Morgan fingerprint density at radius 3 is 1.12 bits per heavy atom. The molecule has 76 heavy (non-hydrogen) atoms. The van der Waals surface area contributed by atoms with Gasteiger partial charge in [-0.15, -0.1) is 0 Å². The maximum absolute atomic E-state index is 14.3. The van der Waals surface area contributed by atoms with Crippen molar-refractivity contribution >= 4 is 23.9 Å². The molecule has 7 aromatic rings. The Labute approximate surface area is 439 Å². The first-order valence-electron chi connectivity index (χ1n) is 24.8. The van der Waals surface area contributed by atoms with Crippen molar-refractivity contribution in [2.24, 2.45) is 0 Å². The van der Waals surface area contributed by atoms with Crippen molar-refractivity contribution in [2.45, 2.75) is 81.2 Å². The summed E-state index contributed by atoms with van der Waals surface area (Å²) in [7, 11) is 0. The molecular weight excluding hydrogens is 973 g/mol. The molecule has 9 rings (SSSR count). The van der Waals surface area contributed by atoms with Gasteiger partial charge in [-0.3, -0.25) is 0 Å². The number of aliphatic hydroxyl groups is 1. The number of esters is 4. The smallest absolute Gasteiger partial charge is 0.338 e. The number of ether oxygens (including phenoxy) is 10. The van der Waals surface area contributed by atoms with Gasteiger partial charge in [0.2, 0.25) is 0 Å². The Hall–Kier alpha value is -7.86. The van der Waals surface area contributed by atoms with Crippen LogP contribution in [-0.4, -0.2) is 104 Å². The van der Waals surface area contributed by atoms with Crippen LogP contribution in [0, 0.1) is 0 Å². The number of hydrogen-bond acceptors (Lipinski definition) is 15. The van der Waals surface area contributed by atoms with Gasteiger partial charge in [0.15, 0.2) is 30.9 Å². The molecule has 15 nitrogen and oxygen atoms in total. The molecule has 0 aromatic heterocycles. The number of hydrogen-bond donors (Lipinski definition) is 1. The van der Waals surface area contributed by atoms with Crippen molar-refractivity contribution in [1.29, 1.82) is 0 Å². The summed E-state index contributed by atoms with van der Waals surface area (Å²) in [5, 5.41) is 11.9. The Bertz CT molecular complexity index is 2900. The van der Waals surface area contributed by atoms with Gasteiger partial charge in [0.1, 0.15) is 37.1 Å². The van der Waals surface area contributed by atoms with Gasteiger partial charge in [0, 0.05) is 0 Å². The normalized spacial score (nSPS) is 23.1. The van der Waals surface area contributed by atoms with E-state index in [2.05, 4.69) is 0 Å². The van der Waals surface area contributed by atoms with E-state index in [0.29, 0.717) is 0 Å². The van der Waals surface area contributed by atoms with Gasteiger partial charge >= 0.3 is 23.9 Å². The van der Waals surface area contributed by atoms with E-state index in [1.54, 1.807) is 84.9 Å². The molecule has 0 aliphatic carbocycles. The summed E-state index contributed by atoms with van der Waals surface area (Å²) in [5.41, 5.74) is 3.11. The van der Waals surface area contributed by atoms with Crippen LogP contribution in [-0.2, 0) is 67.2 Å². The minimum Gasteiger partial charge on any atom is -0.459 e. The summed E-state index contributed by atoms with van der Waals surface area (Å²) in [5.74, 6) is -3.33. The van der Waals surface area contributed by atoms with Crippen molar-refractivity contribution in [3.05, 3.63) is 251 Å². The monoisotopic (exact) mass is 1030 g/mol. The molecule has 0 amide bonds. The minimum atomic E-state index is -1.70. The van der Waals surface area contributed by atoms with Crippen LogP contribution < -0.4 is 0 Å². The summed E-state index contributed by atoms with van der Waals surface area (Å²) >= 11 is 0. The molecule has 7 aromatic carbocycles.